The molecule has 0 aliphatic heterocycles. The van der Waals surface area contributed by atoms with Crippen LogP contribution in [0.3, 0.4) is 0 Å². The van der Waals surface area contributed by atoms with Crippen LogP contribution in [0.25, 0.3) is 0 Å². The van der Waals surface area contributed by atoms with E-state index in [-0.39, 0.29) is 12.3 Å². The second-order valence-electron chi connectivity index (χ2n) is 4.11. The van der Waals surface area contributed by atoms with Gasteiger partial charge >= 0.3 is 0 Å². The van der Waals surface area contributed by atoms with E-state index in [1.165, 1.54) is 0 Å². The van der Waals surface area contributed by atoms with Gasteiger partial charge in [-0.2, -0.15) is 5.26 Å². The first kappa shape index (κ1) is 13.5. The molecule has 4 heteroatoms. The molecule has 0 aliphatic carbocycles. The average Bonchev–Trinajstić information content (AvgIpc) is 2.32. The number of hydrogen-bond acceptors (Lipinski definition) is 2. The molecule has 0 bridgehead atoms. The molecule has 1 amide bonds. The van der Waals surface area contributed by atoms with Crippen molar-refractivity contribution in [2.24, 2.45) is 0 Å². The lowest BCUT2D eigenvalue weighted by molar-refractivity contribution is -0.121. The van der Waals surface area contributed by atoms with Gasteiger partial charge in [0.2, 0.25) is 5.91 Å². The Hall–Kier alpha value is -1.53. The lowest BCUT2D eigenvalue weighted by atomic mass is 10.0. The number of carbonyl (C=O) groups is 1. The highest BCUT2D eigenvalue weighted by atomic mass is 35.5. The van der Waals surface area contributed by atoms with Crippen molar-refractivity contribution in [1.29, 1.82) is 5.26 Å². The average molecular weight is 251 g/mol. The third-order valence-corrected chi connectivity index (χ3v) is 3.05. The van der Waals surface area contributed by atoms with Crippen molar-refractivity contribution in [3.63, 3.8) is 0 Å². The summed E-state index contributed by atoms with van der Waals surface area (Å²) in [5.41, 5.74) is -0.0405. The summed E-state index contributed by atoms with van der Waals surface area (Å²) >= 11 is 5.96. The fraction of sp³-hybridized carbons (Fsp3) is 0.385. The second kappa shape index (κ2) is 5.70. The minimum Gasteiger partial charge on any atom is -0.338 e. The highest BCUT2D eigenvalue weighted by molar-refractivity contribution is 6.31. The SMILES string of the molecule is CCC(C)(C#N)NC(=O)Cc1ccccc1Cl. The van der Waals surface area contributed by atoms with E-state index in [0.29, 0.717) is 11.4 Å². The molecule has 0 spiro atoms. The Labute approximate surface area is 106 Å². The molecule has 1 N–H and O–H groups in total. The minimum atomic E-state index is -0.807. The molecule has 1 rings (SSSR count). The highest BCUT2D eigenvalue weighted by Gasteiger charge is 2.23. The van der Waals surface area contributed by atoms with Crippen molar-refractivity contribution in [3.05, 3.63) is 34.9 Å². The van der Waals surface area contributed by atoms with Crippen LogP contribution in [-0.2, 0) is 11.2 Å². The molecule has 0 fully saturated rings. The zero-order valence-corrected chi connectivity index (χ0v) is 10.7. The van der Waals surface area contributed by atoms with Gasteiger partial charge in [0.05, 0.1) is 12.5 Å². The standard InChI is InChI=1S/C13H15ClN2O/c1-3-13(2,9-15)16-12(17)8-10-6-4-5-7-11(10)14/h4-7H,3,8H2,1-2H3,(H,16,17). The molecule has 3 nitrogen and oxygen atoms in total. The third-order valence-electron chi connectivity index (χ3n) is 2.68. The highest BCUT2D eigenvalue weighted by Crippen LogP contribution is 2.16. The molecule has 1 aromatic carbocycles. The van der Waals surface area contributed by atoms with Crippen molar-refractivity contribution in [2.45, 2.75) is 32.2 Å². The lowest BCUT2D eigenvalue weighted by Crippen LogP contribution is -2.44. The number of amides is 1. The zero-order chi connectivity index (χ0) is 12.9. The molecule has 0 aromatic heterocycles. The molecule has 1 aromatic rings. The van der Waals surface area contributed by atoms with Gasteiger partial charge in [0, 0.05) is 5.02 Å². The quantitative estimate of drug-likeness (QED) is 0.893. The van der Waals surface area contributed by atoms with Gasteiger partial charge in [-0.15, -0.1) is 0 Å². The Morgan fingerprint density at radius 2 is 2.18 bits per heavy atom. The van der Waals surface area contributed by atoms with Crippen molar-refractivity contribution in [2.75, 3.05) is 0 Å². The van der Waals surface area contributed by atoms with Gasteiger partial charge in [0.15, 0.2) is 0 Å². The molecule has 0 saturated carbocycles. The maximum atomic E-state index is 11.8. The van der Waals surface area contributed by atoms with Gasteiger partial charge in [0.1, 0.15) is 5.54 Å². The van der Waals surface area contributed by atoms with E-state index in [4.69, 9.17) is 16.9 Å². The maximum Gasteiger partial charge on any atom is 0.225 e. The van der Waals surface area contributed by atoms with Crippen LogP contribution in [0.2, 0.25) is 5.02 Å². The van der Waals surface area contributed by atoms with E-state index in [2.05, 4.69) is 11.4 Å². The van der Waals surface area contributed by atoms with Crippen molar-refractivity contribution < 1.29 is 4.79 Å². The second-order valence-corrected chi connectivity index (χ2v) is 4.52. The van der Waals surface area contributed by atoms with Gasteiger partial charge in [0.25, 0.3) is 0 Å². The summed E-state index contributed by atoms with van der Waals surface area (Å²) in [5, 5.41) is 12.2. The third kappa shape index (κ3) is 3.76. The molecule has 0 heterocycles. The summed E-state index contributed by atoms with van der Waals surface area (Å²) in [7, 11) is 0. The van der Waals surface area contributed by atoms with Crippen molar-refractivity contribution >= 4 is 17.5 Å². The molecule has 17 heavy (non-hydrogen) atoms. The Bertz CT molecular complexity index is 453. The topological polar surface area (TPSA) is 52.9 Å². The number of nitrogens with zero attached hydrogens (tertiary/aromatic N) is 1. The predicted molar refractivity (Wildman–Crippen MR) is 67.6 cm³/mol. The van der Waals surface area contributed by atoms with Gasteiger partial charge in [-0.1, -0.05) is 36.7 Å². The van der Waals surface area contributed by atoms with E-state index >= 15 is 0 Å². The first-order chi connectivity index (χ1) is 8.00. The maximum absolute atomic E-state index is 11.8. The molecular formula is C13H15ClN2O. The van der Waals surface area contributed by atoms with Crippen LogP contribution in [0.5, 0.6) is 0 Å². The molecule has 1 atom stereocenters. The Balaban J connectivity index is 2.69. The summed E-state index contributed by atoms with van der Waals surface area (Å²) in [5.74, 6) is -0.191. The van der Waals surface area contributed by atoms with E-state index < -0.39 is 5.54 Å². The zero-order valence-electron chi connectivity index (χ0n) is 9.96. The van der Waals surface area contributed by atoms with Crippen LogP contribution < -0.4 is 5.32 Å². The summed E-state index contributed by atoms with van der Waals surface area (Å²) < 4.78 is 0. The number of halogens is 1. The Kier molecular flexibility index (Phi) is 4.53. The van der Waals surface area contributed by atoms with Crippen molar-refractivity contribution in [1.82, 2.24) is 5.32 Å². The first-order valence-electron chi connectivity index (χ1n) is 5.46. The molecular weight excluding hydrogens is 236 g/mol. The van der Waals surface area contributed by atoms with Crippen LogP contribution in [0.15, 0.2) is 24.3 Å². The lowest BCUT2D eigenvalue weighted by Gasteiger charge is -2.21. The largest absolute Gasteiger partial charge is 0.338 e. The molecule has 90 valence electrons. The summed E-state index contributed by atoms with van der Waals surface area (Å²) in [6, 6.07) is 9.29. The predicted octanol–water partition coefficient (Wildman–Crippen LogP) is 2.69. The molecule has 0 saturated heterocycles. The number of nitriles is 1. The fourth-order valence-electron chi connectivity index (χ4n) is 1.36. The van der Waals surface area contributed by atoms with Gasteiger partial charge in [-0.25, -0.2) is 0 Å². The van der Waals surface area contributed by atoms with E-state index in [1.807, 2.05) is 19.1 Å². The monoisotopic (exact) mass is 250 g/mol. The summed E-state index contributed by atoms with van der Waals surface area (Å²) in [6.07, 6.45) is 0.759. The first-order valence-corrected chi connectivity index (χ1v) is 5.84. The number of benzene rings is 1. The molecule has 0 aliphatic rings. The van der Waals surface area contributed by atoms with Crippen molar-refractivity contribution in [3.8, 4) is 6.07 Å². The van der Waals surface area contributed by atoms with E-state index in [9.17, 15) is 4.79 Å². The number of carbonyl (C=O) groups excluding carboxylic acids is 1. The van der Waals surface area contributed by atoms with Gasteiger partial charge < -0.3 is 5.32 Å². The Morgan fingerprint density at radius 3 is 2.71 bits per heavy atom. The van der Waals surface area contributed by atoms with Crippen LogP contribution in [0.1, 0.15) is 25.8 Å². The number of nitrogens with one attached hydrogen (secondary N) is 1. The number of hydrogen-bond donors (Lipinski definition) is 1. The van der Waals surface area contributed by atoms with Crippen LogP contribution in [-0.4, -0.2) is 11.4 Å². The summed E-state index contributed by atoms with van der Waals surface area (Å²) in [4.78, 5) is 11.8. The van der Waals surface area contributed by atoms with E-state index in [0.717, 1.165) is 5.56 Å². The van der Waals surface area contributed by atoms with Crippen LogP contribution in [0.4, 0.5) is 0 Å². The number of rotatable bonds is 4. The Morgan fingerprint density at radius 1 is 1.53 bits per heavy atom. The minimum absolute atomic E-state index is 0.191. The van der Waals surface area contributed by atoms with Crippen LogP contribution in [0, 0.1) is 11.3 Å². The fourth-order valence-corrected chi connectivity index (χ4v) is 1.56. The van der Waals surface area contributed by atoms with Crippen LogP contribution >= 0.6 is 11.6 Å². The molecule has 0 radical (unpaired) electrons. The van der Waals surface area contributed by atoms with Gasteiger partial charge in [-0.3, -0.25) is 4.79 Å². The van der Waals surface area contributed by atoms with E-state index in [1.54, 1.807) is 19.1 Å². The van der Waals surface area contributed by atoms with Gasteiger partial charge in [-0.05, 0) is 25.0 Å². The smallest absolute Gasteiger partial charge is 0.225 e. The molecule has 1 unspecified atom stereocenters. The summed E-state index contributed by atoms with van der Waals surface area (Å²) in [6.45, 7) is 3.57. The normalized spacial score (nSPS) is 13.5.